The molecule has 1 aromatic rings. The van der Waals surface area contributed by atoms with E-state index in [2.05, 4.69) is 4.99 Å². The Hall–Kier alpha value is -1.80. The summed E-state index contributed by atoms with van der Waals surface area (Å²) >= 11 is 0. The molecule has 0 saturated heterocycles. The SMILES string of the molecule is COc1ccc(CN=C=O)cc1OC. The number of hydrogen-bond donors (Lipinski definition) is 0. The molecule has 0 atom stereocenters. The number of ether oxygens (including phenoxy) is 2. The maximum atomic E-state index is 9.91. The molecule has 4 nitrogen and oxygen atoms in total. The predicted molar refractivity (Wildman–Crippen MR) is 51.4 cm³/mol. The van der Waals surface area contributed by atoms with Crippen molar-refractivity contribution in [2.75, 3.05) is 14.2 Å². The summed E-state index contributed by atoms with van der Waals surface area (Å²) in [6.07, 6.45) is 1.49. The third-order valence-corrected chi connectivity index (χ3v) is 1.77. The second kappa shape index (κ2) is 5.04. The number of aliphatic imine (C=N–C) groups is 1. The molecule has 0 aliphatic heterocycles. The lowest BCUT2D eigenvalue weighted by molar-refractivity contribution is 0.354. The van der Waals surface area contributed by atoms with Crippen LogP contribution in [0.15, 0.2) is 23.2 Å². The molecule has 0 radical (unpaired) electrons. The molecule has 0 aliphatic carbocycles. The van der Waals surface area contributed by atoms with Crippen molar-refractivity contribution in [1.29, 1.82) is 0 Å². The molecule has 0 saturated carbocycles. The maximum absolute atomic E-state index is 9.91. The summed E-state index contributed by atoms with van der Waals surface area (Å²) in [5.41, 5.74) is 0.881. The van der Waals surface area contributed by atoms with Gasteiger partial charge in [-0.3, -0.25) is 0 Å². The first-order valence-electron chi connectivity index (χ1n) is 4.06. The predicted octanol–water partition coefficient (Wildman–Crippen LogP) is 1.54. The Kier molecular flexibility index (Phi) is 3.70. The number of isocyanates is 1. The van der Waals surface area contributed by atoms with Crippen LogP contribution in [-0.4, -0.2) is 20.3 Å². The van der Waals surface area contributed by atoms with Gasteiger partial charge in [-0.05, 0) is 17.7 Å². The summed E-state index contributed by atoms with van der Waals surface area (Å²) in [6, 6.07) is 5.37. The smallest absolute Gasteiger partial charge is 0.235 e. The fourth-order valence-corrected chi connectivity index (χ4v) is 1.10. The molecule has 0 N–H and O–H groups in total. The molecule has 0 amide bonds. The average Bonchev–Trinajstić information content (AvgIpc) is 2.25. The number of nitrogens with zero attached hydrogens (tertiary/aromatic N) is 1. The lowest BCUT2D eigenvalue weighted by Crippen LogP contribution is -1.91. The molecule has 0 fully saturated rings. The lowest BCUT2D eigenvalue weighted by Gasteiger charge is -2.07. The minimum atomic E-state index is 0.309. The number of rotatable bonds is 4. The molecule has 0 aromatic heterocycles. The van der Waals surface area contributed by atoms with Crippen molar-refractivity contribution >= 4 is 6.08 Å². The van der Waals surface area contributed by atoms with Crippen molar-refractivity contribution < 1.29 is 14.3 Å². The normalized spacial score (nSPS) is 9.00. The van der Waals surface area contributed by atoms with E-state index in [4.69, 9.17) is 9.47 Å². The molecule has 14 heavy (non-hydrogen) atoms. The molecule has 1 rings (SSSR count). The second-order valence-electron chi connectivity index (χ2n) is 2.60. The summed E-state index contributed by atoms with van der Waals surface area (Å²) in [7, 11) is 3.13. The largest absolute Gasteiger partial charge is 0.493 e. The highest BCUT2D eigenvalue weighted by Crippen LogP contribution is 2.27. The van der Waals surface area contributed by atoms with E-state index in [1.165, 1.54) is 6.08 Å². The number of hydrogen-bond acceptors (Lipinski definition) is 4. The third-order valence-electron chi connectivity index (χ3n) is 1.77. The van der Waals surface area contributed by atoms with E-state index >= 15 is 0 Å². The van der Waals surface area contributed by atoms with Gasteiger partial charge in [0.1, 0.15) is 0 Å². The Bertz CT molecular complexity index is 356. The Morgan fingerprint density at radius 2 is 2.00 bits per heavy atom. The fourth-order valence-electron chi connectivity index (χ4n) is 1.10. The zero-order valence-corrected chi connectivity index (χ0v) is 8.11. The van der Waals surface area contributed by atoms with Gasteiger partial charge in [-0.2, -0.15) is 0 Å². The van der Waals surface area contributed by atoms with E-state index in [0.717, 1.165) is 5.56 Å². The zero-order chi connectivity index (χ0) is 10.4. The number of carbonyl (C=O) groups excluding carboxylic acids is 1. The van der Waals surface area contributed by atoms with Crippen LogP contribution in [0.2, 0.25) is 0 Å². The van der Waals surface area contributed by atoms with Crippen molar-refractivity contribution in [2.24, 2.45) is 4.99 Å². The van der Waals surface area contributed by atoms with E-state index < -0.39 is 0 Å². The molecule has 74 valence electrons. The molecule has 1 aromatic carbocycles. The van der Waals surface area contributed by atoms with Crippen LogP contribution in [0.25, 0.3) is 0 Å². The summed E-state index contributed by atoms with van der Waals surface area (Å²) in [6.45, 7) is 0.309. The summed E-state index contributed by atoms with van der Waals surface area (Å²) in [5.74, 6) is 1.29. The molecular formula is C10H11NO3. The van der Waals surface area contributed by atoms with E-state index in [1.807, 2.05) is 6.07 Å². The number of methoxy groups -OCH3 is 2. The highest BCUT2D eigenvalue weighted by atomic mass is 16.5. The Morgan fingerprint density at radius 1 is 1.29 bits per heavy atom. The van der Waals surface area contributed by atoms with Gasteiger partial charge in [-0.1, -0.05) is 6.07 Å². The minimum absolute atomic E-state index is 0.309. The topological polar surface area (TPSA) is 47.9 Å². The molecule has 0 bridgehead atoms. The van der Waals surface area contributed by atoms with E-state index in [0.29, 0.717) is 18.0 Å². The fraction of sp³-hybridized carbons (Fsp3) is 0.300. The van der Waals surface area contributed by atoms with E-state index in [-0.39, 0.29) is 0 Å². The zero-order valence-electron chi connectivity index (χ0n) is 8.11. The first-order chi connectivity index (χ1) is 6.81. The van der Waals surface area contributed by atoms with Crippen LogP contribution in [0.3, 0.4) is 0 Å². The highest BCUT2D eigenvalue weighted by Gasteiger charge is 2.03. The molecular weight excluding hydrogens is 182 g/mol. The van der Waals surface area contributed by atoms with E-state index in [1.54, 1.807) is 26.4 Å². The van der Waals surface area contributed by atoms with Gasteiger partial charge in [0.2, 0.25) is 6.08 Å². The lowest BCUT2D eigenvalue weighted by atomic mass is 10.2. The minimum Gasteiger partial charge on any atom is -0.493 e. The summed E-state index contributed by atoms with van der Waals surface area (Å²) in [5, 5.41) is 0. The van der Waals surface area contributed by atoms with Crippen LogP contribution in [0, 0.1) is 0 Å². The Balaban J connectivity index is 2.94. The second-order valence-corrected chi connectivity index (χ2v) is 2.60. The highest BCUT2D eigenvalue weighted by molar-refractivity contribution is 5.43. The molecule has 4 heteroatoms. The van der Waals surface area contributed by atoms with Gasteiger partial charge in [0.25, 0.3) is 0 Å². The van der Waals surface area contributed by atoms with Gasteiger partial charge >= 0.3 is 0 Å². The summed E-state index contributed by atoms with van der Waals surface area (Å²) in [4.78, 5) is 13.4. The Morgan fingerprint density at radius 3 is 2.57 bits per heavy atom. The first-order valence-corrected chi connectivity index (χ1v) is 4.06. The molecule has 0 aliphatic rings. The van der Waals surface area contributed by atoms with Crippen molar-refractivity contribution in [3.8, 4) is 11.5 Å². The average molecular weight is 193 g/mol. The maximum Gasteiger partial charge on any atom is 0.235 e. The van der Waals surface area contributed by atoms with Crippen LogP contribution < -0.4 is 9.47 Å². The van der Waals surface area contributed by atoms with E-state index in [9.17, 15) is 4.79 Å². The third kappa shape index (κ3) is 2.34. The number of benzene rings is 1. The van der Waals surface area contributed by atoms with Crippen LogP contribution >= 0.6 is 0 Å². The Labute approximate surface area is 82.2 Å². The molecule has 0 spiro atoms. The quantitative estimate of drug-likeness (QED) is 0.538. The van der Waals surface area contributed by atoms with Gasteiger partial charge in [0.15, 0.2) is 11.5 Å². The first kappa shape index (κ1) is 10.3. The van der Waals surface area contributed by atoms with Crippen molar-refractivity contribution in [1.82, 2.24) is 0 Å². The van der Waals surface area contributed by atoms with Gasteiger partial charge in [0, 0.05) is 0 Å². The van der Waals surface area contributed by atoms with Gasteiger partial charge < -0.3 is 9.47 Å². The van der Waals surface area contributed by atoms with Crippen molar-refractivity contribution in [3.05, 3.63) is 23.8 Å². The van der Waals surface area contributed by atoms with Crippen molar-refractivity contribution in [2.45, 2.75) is 6.54 Å². The standard InChI is InChI=1S/C10H11NO3/c1-13-9-4-3-8(6-11-7-12)5-10(9)14-2/h3-5H,6H2,1-2H3. The van der Waals surface area contributed by atoms with Crippen molar-refractivity contribution in [3.63, 3.8) is 0 Å². The van der Waals surface area contributed by atoms with Gasteiger partial charge in [-0.15, -0.1) is 0 Å². The molecule has 0 heterocycles. The molecule has 0 unspecified atom stereocenters. The van der Waals surface area contributed by atoms with Crippen LogP contribution in [0.1, 0.15) is 5.56 Å². The van der Waals surface area contributed by atoms with Crippen LogP contribution in [-0.2, 0) is 11.3 Å². The summed E-state index contributed by atoms with van der Waals surface area (Å²) < 4.78 is 10.2. The van der Waals surface area contributed by atoms with Crippen LogP contribution in [0.4, 0.5) is 0 Å². The monoisotopic (exact) mass is 193 g/mol. The van der Waals surface area contributed by atoms with Gasteiger partial charge in [-0.25, -0.2) is 9.79 Å². The van der Waals surface area contributed by atoms with Crippen LogP contribution in [0.5, 0.6) is 11.5 Å². The van der Waals surface area contributed by atoms with Gasteiger partial charge in [0.05, 0.1) is 20.8 Å².